The molecule has 0 saturated carbocycles. The maximum Gasteiger partial charge on any atom is 0.338 e. The molecular formula is C12H12Cl2O3. The highest BCUT2D eigenvalue weighted by atomic mass is 35.5. The largest absolute Gasteiger partial charge is 0.461 e. The summed E-state index contributed by atoms with van der Waals surface area (Å²) in [6.45, 7) is 3.39. The van der Waals surface area contributed by atoms with Crippen molar-refractivity contribution in [3.05, 3.63) is 33.8 Å². The molecule has 1 aromatic rings. The van der Waals surface area contributed by atoms with Gasteiger partial charge in [-0.1, -0.05) is 23.2 Å². The van der Waals surface area contributed by atoms with Crippen LogP contribution in [-0.4, -0.2) is 18.9 Å². The Balaban J connectivity index is 2.71. The van der Waals surface area contributed by atoms with E-state index < -0.39 is 11.4 Å². The fourth-order valence-corrected chi connectivity index (χ4v) is 1.29. The Hall–Kier alpha value is -1.06. The van der Waals surface area contributed by atoms with Crippen molar-refractivity contribution in [2.45, 2.75) is 13.8 Å². The molecule has 0 aliphatic carbocycles. The van der Waals surface area contributed by atoms with Crippen LogP contribution in [0.15, 0.2) is 18.2 Å². The fourth-order valence-electron chi connectivity index (χ4n) is 0.992. The molecule has 17 heavy (non-hydrogen) atoms. The number of ether oxygens (including phenoxy) is 1. The Morgan fingerprint density at radius 3 is 2.53 bits per heavy atom. The summed E-state index contributed by atoms with van der Waals surface area (Å²) in [5.74, 6) is -0.529. The summed E-state index contributed by atoms with van der Waals surface area (Å²) < 4.78 is 5.01. The number of benzene rings is 1. The van der Waals surface area contributed by atoms with Gasteiger partial charge in [0.25, 0.3) is 0 Å². The third-order valence-electron chi connectivity index (χ3n) is 2.05. The van der Waals surface area contributed by atoms with Crippen molar-refractivity contribution in [1.82, 2.24) is 0 Å². The average Bonchev–Trinajstić information content (AvgIpc) is 2.30. The highest BCUT2D eigenvalue weighted by Gasteiger charge is 2.20. The van der Waals surface area contributed by atoms with Gasteiger partial charge in [-0.25, -0.2) is 4.79 Å². The van der Waals surface area contributed by atoms with Gasteiger partial charge in [0.1, 0.15) is 12.9 Å². The molecule has 3 nitrogen and oxygen atoms in total. The van der Waals surface area contributed by atoms with Gasteiger partial charge in [0.15, 0.2) is 0 Å². The number of hydrogen-bond donors (Lipinski definition) is 0. The lowest BCUT2D eigenvalue weighted by molar-refractivity contribution is -0.116. The van der Waals surface area contributed by atoms with E-state index in [9.17, 15) is 9.59 Å². The van der Waals surface area contributed by atoms with Gasteiger partial charge < -0.3 is 9.53 Å². The average molecular weight is 275 g/mol. The summed E-state index contributed by atoms with van der Waals surface area (Å²) in [6.07, 6.45) is 0.745. The monoisotopic (exact) mass is 274 g/mol. The van der Waals surface area contributed by atoms with E-state index in [4.69, 9.17) is 27.9 Å². The molecule has 1 rings (SSSR count). The third-order valence-corrected chi connectivity index (χ3v) is 2.79. The first-order chi connectivity index (χ1) is 7.85. The Morgan fingerprint density at radius 1 is 1.35 bits per heavy atom. The van der Waals surface area contributed by atoms with Gasteiger partial charge >= 0.3 is 5.97 Å². The van der Waals surface area contributed by atoms with Gasteiger partial charge in [0.05, 0.1) is 21.0 Å². The Kier molecular flexibility index (Phi) is 4.54. The van der Waals surface area contributed by atoms with Gasteiger partial charge in [-0.2, -0.15) is 0 Å². The molecule has 1 aromatic carbocycles. The quantitative estimate of drug-likeness (QED) is 0.625. The number of rotatable bonds is 4. The summed E-state index contributed by atoms with van der Waals surface area (Å²) >= 11 is 11.5. The number of carbonyl (C=O) groups is 2. The van der Waals surface area contributed by atoms with Gasteiger partial charge in [-0.05, 0) is 32.0 Å². The predicted octanol–water partition coefficient (Wildman–Crippen LogP) is 3.38. The molecule has 0 aromatic heterocycles. The van der Waals surface area contributed by atoms with E-state index in [1.807, 2.05) is 0 Å². The third kappa shape index (κ3) is 4.02. The van der Waals surface area contributed by atoms with Crippen LogP contribution in [0.5, 0.6) is 0 Å². The maximum atomic E-state index is 11.6. The number of halogens is 2. The molecule has 0 heterocycles. The molecule has 0 saturated heterocycles. The molecule has 0 atom stereocenters. The molecule has 0 amide bonds. The summed E-state index contributed by atoms with van der Waals surface area (Å²) in [5, 5.41) is 0.659. The van der Waals surface area contributed by atoms with Crippen molar-refractivity contribution in [3.8, 4) is 0 Å². The van der Waals surface area contributed by atoms with E-state index in [1.54, 1.807) is 13.8 Å². The first-order valence-corrected chi connectivity index (χ1v) is 5.70. The first-order valence-electron chi connectivity index (χ1n) is 4.94. The zero-order valence-corrected chi connectivity index (χ0v) is 11.0. The Labute approximate surface area is 110 Å². The van der Waals surface area contributed by atoms with E-state index in [0.717, 1.165) is 6.29 Å². The normalized spacial score (nSPS) is 11.1. The standard InChI is InChI=1S/C12H12Cl2O3/c1-12(2,6-15)7-17-11(16)8-3-4-9(13)10(14)5-8/h3-6H,7H2,1-2H3. The molecule has 0 radical (unpaired) electrons. The molecule has 0 N–H and O–H groups in total. The second-order valence-corrected chi connectivity index (χ2v) is 5.13. The topological polar surface area (TPSA) is 43.4 Å². The summed E-state index contributed by atoms with van der Waals surface area (Å²) in [7, 11) is 0. The van der Waals surface area contributed by atoms with Crippen LogP contribution in [0.25, 0.3) is 0 Å². The smallest absolute Gasteiger partial charge is 0.338 e. The lowest BCUT2D eigenvalue weighted by Gasteiger charge is -2.16. The molecular weight excluding hydrogens is 263 g/mol. The SMILES string of the molecule is CC(C)(C=O)COC(=O)c1ccc(Cl)c(Cl)c1. The van der Waals surface area contributed by atoms with Gasteiger partial charge in [0.2, 0.25) is 0 Å². The molecule has 0 spiro atoms. The minimum atomic E-state index is -0.689. The second kappa shape index (κ2) is 5.52. The van der Waals surface area contributed by atoms with Crippen LogP contribution < -0.4 is 0 Å². The van der Waals surface area contributed by atoms with Crippen LogP contribution in [0.2, 0.25) is 10.0 Å². The number of esters is 1. The van der Waals surface area contributed by atoms with Crippen LogP contribution in [0.1, 0.15) is 24.2 Å². The highest BCUT2D eigenvalue weighted by Crippen LogP contribution is 2.23. The van der Waals surface area contributed by atoms with Crippen LogP contribution >= 0.6 is 23.2 Å². The maximum absolute atomic E-state index is 11.6. The molecule has 0 aliphatic rings. The Morgan fingerprint density at radius 2 is 2.00 bits per heavy atom. The van der Waals surface area contributed by atoms with E-state index in [2.05, 4.69) is 0 Å². The Bertz CT molecular complexity index is 441. The van der Waals surface area contributed by atoms with Crippen molar-refractivity contribution in [1.29, 1.82) is 0 Å². The van der Waals surface area contributed by atoms with E-state index in [-0.39, 0.29) is 11.6 Å². The predicted molar refractivity (Wildman–Crippen MR) is 66.6 cm³/mol. The zero-order valence-electron chi connectivity index (χ0n) is 9.50. The lowest BCUT2D eigenvalue weighted by atomic mass is 9.98. The molecule has 92 valence electrons. The van der Waals surface area contributed by atoms with Crippen molar-refractivity contribution >= 4 is 35.5 Å². The molecule has 5 heteroatoms. The van der Waals surface area contributed by atoms with Gasteiger partial charge in [-0.3, -0.25) is 0 Å². The van der Waals surface area contributed by atoms with E-state index >= 15 is 0 Å². The molecule has 0 fully saturated rings. The molecule has 0 unspecified atom stereocenters. The van der Waals surface area contributed by atoms with Crippen LogP contribution in [-0.2, 0) is 9.53 Å². The van der Waals surface area contributed by atoms with Crippen LogP contribution in [0.3, 0.4) is 0 Å². The highest BCUT2D eigenvalue weighted by molar-refractivity contribution is 6.42. The van der Waals surface area contributed by atoms with E-state index in [1.165, 1.54) is 18.2 Å². The van der Waals surface area contributed by atoms with Crippen LogP contribution in [0, 0.1) is 5.41 Å². The van der Waals surface area contributed by atoms with Crippen molar-refractivity contribution < 1.29 is 14.3 Å². The van der Waals surface area contributed by atoms with Crippen molar-refractivity contribution in [2.75, 3.05) is 6.61 Å². The summed E-state index contributed by atoms with van der Waals surface area (Å²) in [5.41, 5.74) is -0.382. The molecule has 0 aliphatic heterocycles. The lowest BCUT2D eigenvalue weighted by Crippen LogP contribution is -2.23. The number of carbonyl (C=O) groups excluding carboxylic acids is 2. The number of hydrogen-bond acceptors (Lipinski definition) is 3. The minimum absolute atomic E-state index is 0.0234. The van der Waals surface area contributed by atoms with Gasteiger partial charge in [-0.15, -0.1) is 0 Å². The fraction of sp³-hybridized carbons (Fsp3) is 0.333. The van der Waals surface area contributed by atoms with Crippen molar-refractivity contribution in [2.24, 2.45) is 5.41 Å². The number of aldehydes is 1. The van der Waals surface area contributed by atoms with Crippen LogP contribution in [0.4, 0.5) is 0 Å². The van der Waals surface area contributed by atoms with Crippen molar-refractivity contribution in [3.63, 3.8) is 0 Å². The van der Waals surface area contributed by atoms with E-state index in [0.29, 0.717) is 10.6 Å². The zero-order chi connectivity index (χ0) is 13.1. The molecule has 0 bridgehead atoms. The minimum Gasteiger partial charge on any atom is -0.461 e. The summed E-state index contributed by atoms with van der Waals surface area (Å²) in [4.78, 5) is 22.3. The first kappa shape index (κ1) is 14.0. The summed E-state index contributed by atoms with van der Waals surface area (Å²) in [6, 6.07) is 4.47. The second-order valence-electron chi connectivity index (χ2n) is 4.31. The van der Waals surface area contributed by atoms with Gasteiger partial charge in [0, 0.05) is 0 Å².